The molecule has 1 N–H and O–H groups in total. The second kappa shape index (κ2) is 10.3. The number of methoxy groups -OCH3 is 2. The van der Waals surface area contributed by atoms with Gasteiger partial charge in [-0.3, -0.25) is 4.79 Å². The van der Waals surface area contributed by atoms with E-state index < -0.39 is 12.5 Å². The number of carbonyl (C=O) groups is 1. The van der Waals surface area contributed by atoms with Gasteiger partial charge in [-0.1, -0.05) is 16.8 Å². The lowest BCUT2D eigenvalue weighted by Gasteiger charge is -2.10. The summed E-state index contributed by atoms with van der Waals surface area (Å²) in [6.45, 7) is -3.33. The number of nitrogens with zero attached hydrogens (tertiary/aromatic N) is 1. The Balaban J connectivity index is 1.91. The zero-order chi connectivity index (χ0) is 20.5. The molecule has 0 aliphatic heterocycles. The molecular formula is C18H17ClF2N2O5. The van der Waals surface area contributed by atoms with Crippen molar-refractivity contribution in [3.8, 4) is 17.2 Å². The molecule has 0 heterocycles. The van der Waals surface area contributed by atoms with Crippen LogP contribution >= 0.6 is 11.6 Å². The van der Waals surface area contributed by atoms with Crippen LogP contribution in [0.15, 0.2) is 41.6 Å². The van der Waals surface area contributed by atoms with E-state index in [0.717, 1.165) is 0 Å². The minimum Gasteiger partial charge on any atom is -0.495 e. The van der Waals surface area contributed by atoms with Crippen LogP contribution < -0.4 is 19.5 Å². The molecule has 0 fully saturated rings. The summed E-state index contributed by atoms with van der Waals surface area (Å²) in [5.74, 6) is -0.0316. The van der Waals surface area contributed by atoms with Crippen molar-refractivity contribution < 1.29 is 32.6 Å². The lowest BCUT2D eigenvalue weighted by atomic mass is 10.2. The SMILES string of the molecule is COc1ccc(Cl)cc1NC(=O)CO/N=C/c1ccc(OC(F)F)c(OC)c1. The Bertz CT molecular complexity index is 849. The average molecular weight is 415 g/mol. The van der Waals surface area contributed by atoms with Crippen LogP contribution in [-0.2, 0) is 9.63 Å². The molecule has 0 radical (unpaired) electrons. The van der Waals surface area contributed by atoms with E-state index in [2.05, 4.69) is 15.2 Å². The van der Waals surface area contributed by atoms with Crippen LogP contribution in [0, 0.1) is 0 Å². The Kier molecular flexibility index (Phi) is 7.82. The third-order valence-electron chi connectivity index (χ3n) is 3.31. The first-order valence-electron chi connectivity index (χ1n) is 7.84. The van der Waals surface area contributed by atoms with Crippen LogP contribution in [0.25, 0.3) is 0 Å². The summed E-state index contributed by atoms with van der Waals surface area (Å²) >= 11 is 5.89. The predicted octanol–water partition coefficient (Wildman–Crippen LogP) is 3.95. The first-order chi connectivity index (χ1) is 13.4. The van der Waals surface area contributed by atoms with E-state index in [-0.39, 0.29) is 18.1 Å². The molecule has 10 heteroatoms. The van der Waals surface area contributed by atoms with Crippen molar-refractivity contribution in [2.45, 2.75) is 6.61 Å². The Morgan fingerprint density at radius 3 is 2.54 bits per heavy atom. The van der Waals surface area contributed by atoms with Gasteiger partial charge in [-0.2, -0.15) is 8.78 Å². The summed E-state index contributed by atoms with van der Waals surface area (Å²) in [5.41, 5.74) is 0.891. The molecule has 28 heavy (non-hydrogen) atoms. The monoisotopic (exact) mass is 414 g/mol. The minimum atomic E-state index is -2.96. The number of anilines is 1. The number of alkyl halides is 2. The fourth-order valence-corrected chi connectivity index (χ4v) is 2.29. The number of hydrogen-bond acceptors (Lipinski definition) is 6. The predicted molar refractivity (Wildman–Crippen MR) is 99.8 cm³/mol. The first kappa shape index (κ1) is 21.2. The second-order valence-electron chi connectivity index (χ2n) is 5.19. The molecular weight excluding hydrogens is 398 g/mol. The van der Waals surface area contributed by atoms with Gasteiger partial charge in [0.25, 0.3) is 5.91 Å². The lowest BCUT2D eigenvalue weighted by Crippen LogP contribution is -2.17. The normalized spacial score (nSPS) is 10.8. The van der Waals surface area contributed by atoms with Crippen molar-refractivity contribution in [1.29, 1.82) is 0 Å². The van der Waals surface area contributed by atoms with E-state index in [0.29, 0.717) is 22.0 Å². The Morgan fingerprint density at radius 1 is 1.14 bits per heavy atom. The smallest absolute Gasteiger partial charge is 0.387 e. The highest BCUT2D eigenvalue weighted by molar-refractivity contribution is 6.31. The maximum atomic E-state index is 12.3. The van der Waals surface area contributed by atoms with Gasteiger partial charge in [-0.15, -0.1) is 0 Å². The number of carbonyl (C=O) groups excluding carboxylic acids is 1. The maximum Gasteiger partial charge on any atom is 0.387 e. The molecule has 2 aromatic rings. The summed E-state index contributed by atoms with van der Waals surface area (Å²) in [5, 5.41) is 6.69. The summed E-state index contributed by atoms with van der Waals surface area (Å²) in [6, 6.07) is 9.00. The van der Waals surface area contributed by atoms with E-state index in [1.54, 1.807) is 12.1 Å². The van der Waals surface area contributed by atoms with Crippen LogP contribution in [0.4, 0.5) is 14.5 Å². The number of hydrogen-bond donors (Lipinski definition) is 1. The van der Waals surface area contributed by atoms with Crippen LogP contribution in [0.5, 0.6) is 17.2 Å². The van der Waals surface area contributed by atoms with Crippen LogP contribution in [-0.4, -0.2) is 39.6 Å². The van der Waals surface area contributed by atoms with E-state index in [9.17, 15) is 13.6 Å². The van der Waals surface area contributed by atoms with Crippen molar-refractivity contribution >= 4 is 29.4 Å². The molecule has 0 saturated heterocycles. The number of ether oxygens (including phenoxy) is 3. The van der Waals surface area contributed by atoms with E-state index >= 15 is 0 Å². The molecule has 0 aromatic heterocycles. The van der Waals surface area contributed by atoms with Gasteiger partial charge < -0.3 is 24.4 Å². The molecule has 150 valence electrons. The van der Waals surface area contributed by atoms with Gasteiger partial charge in [-0.25, -0.2) is 0 Å². The summed E-state index contributed by atoms with van der Waals surface area (Å²) in [6.07, 6.45) is 1.29. The van der Waals surface area contributed by atoms with E-state index in [1.807, 2.05) is 0 Å². The standard InChI is InChI=1S/C18H17ClF2N2O5/c1-25-14-6-4-12(19)8-13(14)23-17(24)10-27-22-9-11-3-5-15(28-18(20)21)16(7-11)26-2/h3-9,18H,10H2,1-2H3,(H,23,24)/b22-9+. The molecule has 0 bridgehead atoms. The summed E-state index contributed by atoms with van der Waals surface area (Å²) < 4.78 is 39.1. The third kappa shape index (κ3) is 6.27. The molecule has 0 spiro atoms. The number of amides is 1. The van der Waals surface area contributed by atoms with Crippen molar-refractivity contribution in [1.82, 2.24) is 0 Å². The van der Waals surface area contributed by atoms with Crippen molar-refractivity contribution in [3.63, 3.8) is 0 Å². The van der Waals surface area contributed by atoms with Crippen LogP contribution in [0.2, 0.25) is 5.02 Å². The van der Waals surface area contributed by atoms with Gasteiger partial charge in [0.15, 0.2) is 18.1 Å². The van der Waals surface area contributed by atoms with Gasteiger partial charge in [0.2, 0.25) is 0 Å². The number of oxime groups is 1. The lowest BCUT2D eigenvalue weighted by molar-refractivity contribution is -0.120. The Hall–Kier alpha value is -3.07. The molecule has 0 aliphatic carbocycles. The largest absolute Gasteiger partial charge is 0.495 e. The summed E-state index contributed by atoms with van der Waals surface area (Å²) in [4.78, 5) is 16.9. The molecule has 0 saturated carbocycles. The van der Waals surface area contributed by atoms with Crippen molar-refractivity contribution in [2.75, 3.05) is 26.1 Å². The van der Waals surface area contributed by atoms with Gasteiger partial charge in [0, 0.05) is 10.6 Å². The molecule has 0 aliphatic rings. The van der Waals surface area contributed by atoms with Crippen LogP contribution in [0.1, 0.15) is 5.56 Å². The molecule has 0 atom stereocenters. The number of benzene rings is 2. The maximum absolute atomic E-state index is 12.3. The highest BCUT2D eigenvalue weighted by Crippen LogP contribution is 2.29. The second-order valence-corrected chi connectivity index (χ2v) is 5.63. The third-order valence-corrected chi connectivity index (χ3v) is 3.55. The van der Waals surface area contributed by atoms with E-state index in [4.69, 9.17) is 25.9 Å². The highest BCUT2D eigenvalue weighted by Gasteiger charge is 2.11. The molecule has 1 amide bonds. The Labute approximate surface area is 164 Å². The zero-order valence-electron chi connectivity index (χ0n) is 14.9. The molecule has 2 aromatic carbocycles. The zero-order valence-corrected chi connectivity index (χ0v) is 15.7. The highest BCUT2D eigenvalue weighted by atomic mass is 35.5. The fourth-order valence-electron chi connectivity index (χ4n) is 2.12. The molecule has 0 unspecified atom stereocenters. The summed E-state index contributed by atoms with van der Waals surface area (Å²) in [7, 11) is 2.78. The van der Waals surface area contributed by atoms with Gasteiger partial charge in [0.1, 0.15) is 5.75 Å². The van der Waals surface area contributed by atoms with E-state index in [1.165, 1.54) is 44.7 Å². The molecule has 2 rings (SSSR count). The quantitative estimate of drug-likeness (QED) is 0.496. The van der Waals surface area contributed by atoms with Gasteiger partial charge >= 0.3 is 6.61 Å². The number of halogens is 3. The van der Waals surface area contributed by atoms with Crippen LogP contribution in [0.3, 0.4) is 0 Å². The Morgan fingerprint density at radius 2 is 1.86 bits per heavy atom. The van der Waals surface area contributed by atoms with Gasteiger partial charge in [0.05, 0.1) is 26.1 Å². The first-order valence-corrected chi connectivity index (χ1v) is 8.22. The average Bonchev–Trinajstić information content (AvgIpc) is 2.66. The minimum absolute atomic E-state index is 0.106. The van der Waals surface area contributed by atoms with Gasteiger partial charge in [-0.05, 0) is 36.4 Å². The van der Waals surface area contributed by atoms with Crippen molar-refractivity contribution in [3.05, 3.63) is 47.0 Å². The van der Waals surface area contributed by atoms with Crippen molar-refractivity contribution in [2.24, 2.45) is 5.16 Å². The number of nitrogens with one attached hydrogen (secondary N) is 1. The topological polar surface area (TPSA) is 78.4 Å². The fraction of sp³-hybridized carbons (Fsp3) is 0.222. The number of rotatable bonds is 9. The molecule has 7 nitrogen and oxygen atoms in total.